The minimum absolute atomic E-state index is 0.0297. The lowest BCUT2D eigenvalue weighted by atomic mass is 10.1. The van der Waals surface area contributed by atoms with E-state index >= 15 is 0 Å². The number of benzene rings is 2. The van der Waals surface area contributed by atoms with E-state index in [0.717, 1.165) is 17.3 Å². The van der Waals surface area contributed by atoms with Gasteiger partial charge in [0.05, 0.1) is 17.2 Å². The molecular weight excluding hydrogens is 381 g/mol. The van der Waals surface area contributed by atoms with Crippen LogP contribution in [0.4, 0.5) is 10.1 Å². The third-order valence-electron chi connectivity index (χ3n) is 3.95. The number of phenolic OH excluding ortho intramolecular Hbond substituents is 1. The van der Waals surface area contributed by atoms with Crippen molar-refractivity contribution in [3.8, 4) is 5.75 Å². The van der Waals surface area contributed by atoms with E-state index in [1.807, 2.05) is 0 Å². The summed E-state index contributed by atoms with van der Waals surface area (Å²) in [5.74, 6) is -1.13. The third kappa shape index (κ3) is 4.26. The standard InChI is InChI=1S/C21H18FNO4S/c1-3-27-21(26)18-19(25)17(11-13-4-9-16(24)12(2)10-13)28-20(18)23-15-7-5-14(22)6-8-15/h4-11,24-25H,3H2,1-2H3. The maximum Gasteiger partial charge on any atom is 0.344 e. The Balaban J connectivity index is 2.04. The number of hydrogen-bond donors (Lipinski definition) is 2. The number of nitrogens with zero attached hydrogens (tertiary/aromatic N) is 1. The number of halogens is 1. The monoisotopic (exact) mass is 399 g/mol. The number of aromatic hydroxyl groups is 1. The zero-order valence-electron chi connectivity index (χ0n) is 15.3. The van der Waals surface area contributed by atoms with E-state index in [2.05, 4.69) is 4.99 Å². The molecule has 28 heavy (non-hydrogen) atoms. The highest BCUT2D eigenvalue weighted by atomic mass is 32.2. The summed E-state index contributed by atoms with van der Waals surface area (Å²) < 4.78 is 18.2. The molecule has 0 aliphatic carbocycles. The predicted molar refractivity (Wildman–Crippen MR) is 108 cm³/mol. The largest absolute Gasteiger partial charge is 0.508 e. The number of ether oxygens (including phenoxy) is 1. The lowest BCUT2D eigenvalue weighted by molar-refractivity contribution is -0.138. The predicted octanol–water partition coefficient (Wildman–Crippen LogP) is 5.03. The first-order valence-corrected chi connectivity index (χ1v) is 9.35. The van der Waals surface area contributed by atoms with Gasteiger partial charge in [-0.2, -0.15) is 0 Å². The van der Waals surface area contributed by atoms with Crippen LogP contribution in [0.5, 0.6) is 5.75 Å². The number of carbonyl (C=O) groups excluding carboxylic acids is 1. The SMILES string of the molecule is CCOC(=O)C1=C(O)C(=Cc2ccc(O)c(C)c2)SC1=Nc1ccc(F)cc1. The van der Waals surface area contributed by atoms with E-state index in [4.69, 9.17) is 4.74 Å². The number of rotatable bonds is 4. The maximum absolute atomic E-state index is 13.1. The Morgan fingerprint density at radius 3 is 2.57 bits per heavy atom. The Kier molecular flexibility index (Phi) is 5.84. The van der Waals surface area contributed by atoms with E-state index in [-0.39, 0.29) is 28.7 Å². The van der Waals surface area contributed by atoms with Crippen LogP contribution in [0.2, 0.25) is 0 Å². The van der Waals surface area contributed by atoms with Gasteiger partial charge >= 0.3 is 5.97 Å². The normalized spacial score (nSPS) is 16.8. The first kappa shape index (κ1) is 19.7. The Labute approximate surface area is 165 Å². The summed E-state index contributed by atoms with van der Waals surface area (Å²) in [5, 5.41) is 20.6. The van der Waals surface area contributed by atoms with Crippen LogP contribution in [-0.2, 0) is 9.53 Å². The Hall–Kier alpha value is -3.06. The molecule has 1 heterocycles. The van der Waals surface area contributed by atoms with Crippen molar-refractivity contribution in [1.82, 2.24) is 0 Å². The molecule has 0 aromatic heterocycles. The molecule has 0 atom stereocenters. The average molecular weight is 399 g/mol. The van der Waals surface area contributed by atoms with Gasteiger partial charge in [-0.3, -0.25) is 0 Å². The molecule has 0 spiro atoms. The first-order chi connectivity index (χ1) is 13.4. The second-order valence-corrected chi connectivity index (χ2v) is 7.02. The average Bonchev–Trinajstić information content (AvgIpc) is 2.95. The van der Waals surface area contributed by atoms with Gasteiger partial charge in [-0.1, -0.05) is 17.8 Å². The molecule has 2 aromatic rings. The van der Waals surface area contributed by atoms with Gasteiger partial charge in [0.15, 0.2) is 0 Å². The first-order valence-electron chi connectivity index (χ1n) is 8.53. The summed E-state index contributed by atoms with van der Waals surface area (Å²) >= 11 is 1.11. The molecule has 2 aromatic carbocycles. The summed E-state index contributed by atoms with van der Waals surface area (Å²) in [7, 11) is 0. The van der Waals surface area contributed by atoms with Crippen LogP contribution >= 0.6 is 11.8 Å². The van der Waals surface area contributed by atoms with Gasteiger partial charge in [0.1, 0.15) is 27.9 Å². The third-order valence-corrected chi connectivity index (χ3v) is 4.97. The van der Waals surface area contributed by atoms with Gasteiger partial charge in [-0.25, -0.2) is 14.2 Å². The fraction of sp³-hybridized carbons (Fsp3) is 0.143. The van der Waals surface area contributed by atoms with Crippen molar-refractivity contribution < 1.29 is 24.1 Å². The minimum atomic E-state index is -0.682. The highest BCUT2D eigenvalue weighted by Gasteiger charge is 2.33. The van der Waals surface area contributed by atoms with Gasteiger partial charge in [0.2, 0.25) is 0 Å². The van der Waals surface area contributed by atoms with Gasteiger partial charge < -0.3 is 14.9 Å². The molecule has 2 N–H and O–H groups in total. The number of phenols is 1. The van der Waals surface area contributed by atoms with Crippen LogP contribution in [0.25, 0.3) is 6.08 Å². The molecule has 0 unspecified atom stereocenters. The van der Waals surface area contributed by atoms with Crippen molar-refractivity contribution in [3.05, 3.63) is 75.6 Å². The van der Waals surface area contributed by atoms with Crippen molar-refractivity contribution in [2.75, 3.05) is 6.61 Å². The molecule has 0 saturated carbocycles. The Morgan fingerprint density at radius 2 is 1.93 bits per heavy atom. The molecule has 0 radical (unpaired) electrons. The molecule has 0 saturated heterocycles. The number of aliphatic hydroxyl groups is 1. The Bertz CT molecular complexity index is 1010. The fourth-order valence-corrected chi connectivity index (χ4v) is 3.58. The highest BCUT2D eigenvalue weighted by molar-refractivity contribution is 8.18. The van der Waals surface area contributed by atoms with Gasteiger partial charge in [-0.05, 0) is 67.4 Å². The number of aryl methyl sites for hydroxylation is 1. The van der Waals surface area contributed by atoms with Crippen LogP contribution in [-0.4, -0.2) is 27.8 Å². The van der Waals surface area contributed by atoms with Crippen molar-refractivity contribution in [2.45, 2.75) is 13.8 Å². The summed E-state index contributed by atoms with van der Waals surface area (Å²) in [6.07, 6.45) is 1.69. The van der Waals surface area contributed by atoms with Crippen molar-refractivity contribution >= 4 is 34.5 Å². The molecule has 0 fully saturated rings. The number of thioether (sulfide) groups is 1. The maximum atomic E-state index is 13.1. The van der Waals surface area contributed by atoms with E-state index < -0.39 is 11.8 Å². The molecule has 0 bridgehead atoms. The van der Waals surface area contributed by atoms with E-state index in [1.165, 1.54) is 24.3 Å². The molecule has 0 amide bonds. The highest BCUT2D eigenvalue weighted by Crippen LogP contribution is 2.40. The van der Waals surface area contributed by atoms with Gasteiger partial charge in [0, 0.05) is 0 Å². The molecule has 1 aliphatic heterocycles. The van der Waals surface area contributed by atoms with Crippen LogP contribution in [0.15, 0.2) is 63.7 Å². The topological polar surface area (TPSA) is 79.1 Å². The summed E-state index contributed by atoms with van der Waals surface area (Å²) in [6, 6.07) is 10.5. The van der Waals surface area contributed by atoms with Gasteiger partial charge in [-0.15, -0.1) is 0 Å². The van der Waals surface area contributed by atoms with Crippen LogP contribution in [0.1, 0.15) is 18.1 Å². The summed E-state index contributed by atoms with van der Waals surface area (Å²) in [5.41, 5.74) is 1.85. The lowest BCUT2D eigenvalue weighted by Crippen LogP contribution is -2.12. The lowest BCUT2D eigenvalue weighted by Gasteiger charge is -2.03. The summed E-state index contributed by atoms with van der Waals surface area (Å²) in [6.45, 7) is 3.59. The van der Waals surface area contributed by atoms with Crippen molar-refractivity contribution in [2.24, 2.45) is 4.99 Å². The number of carbonyl (C=O) groups is 1. The van der Waals surface area contributed by atoms with Gasteiger partial charge in [0.25, 0.3) is 0 Å². The van der Waals surface area contributed by atoms with Crippen LogP contribution in [0, 0.1) is 12.7 Å². The number of aliphatic hydroxyl groups excluding tert-OH is 1. The van der Waals surface area contributed by atoms with E-state index in [0.29, 0.717) is 16.2 Å². The number of hydrogen-bond acceptors (Lipinski definition) is 6. The molecule has 1 aliphatic rings. The van der Waals surface area contributed by atoms with E-state index in [1.54, 1.807) is 38.1 Å². The fourth-order valence-electron chi connectivity index (χ4n) is 2.54. The quantitative estimate of drug-likeness (QED) is 0.705. The number of esters is 1. The van der Waals surface area contributed by atoms with Crippen molar-refractivity contribution in [1.29, 1.82) is 0 Å². The van der Waals surface area contributed by atoms with Crippen LogP contribution < -0.4 is 0 Å². The molecule has 5 nitrogen and oxygen atoms in total. The zero-order chi connectivity index (χ0) is 20.3. The van der Waals surface area contributed by atoms with E-state index in [9.17, 15) is 19.4 Å². The molecule has 3 rings (SSSR count). The minimum Gasteiger partial charge on any atom is -0.508 e. The molecule has 7 heteroatoms. The Morgan fingerprint density at radius 1 is 1.21 bits per heavy atom. The van der Waals surface area contributed by atoms with Crippen LogP contribution in [0.3, 0.4) is 0 Å². The van der Waals surface area contributed by atoms with Crippen molar-refractivity contribution in [3.63, 3.8) is 0 Å². The molecule has 144 valence electrons. The summed E-state index contributed by atoms with van der Waals surface area (Å²) in [4.78, 5) is 17.1. The zero-order valence-corrected chi connectivity index (χ0v) is 16.1. The number of aliphatic imine (C=N–C) groups is 1. The molecular formula is C21H18FNO4S. The smallest absolute Gasteiger partial charge is 0.344 e. The second-order valence-electron chi connectivity index (χ2n) is 5.99. The second kappa shape index (κ2) is 8.31.